The van der Waals surface area contributed by atoms with E-state index in [0.29, 0.717) is 37.8 Å². The highest BCUT2D eigenvalue weighted by molar-refractivity contribution is 5.92. The van der Waals surface area contributed by atoms with Crippen LogP contribution in [0.5, 0.6) is 0 Å². The maximum Gasteiger partial charge on any atom is 0.274 e. The molecule has 0 radical (unpaired) electrons. The van der Waals surface area contributed by atoms with Gasteiger partial charge in [-0.05, 0) is 12.8 Å². The summed E-state index contributed by atoms with van der Waals surface area (Å²) in [5.74, 6) is -0.0801. The van der Waals surface area contributed by atoms with Crippen LogP contribution in [-0.2, 0) is 6.54 Å². The first kappa shape index (κ1) is 12.6. The number of rotatable bonds is 6. The maximum atomic E-state index is 12.3. The van der Waals surface area contributed by atoms with Crippen LogP contribution in [0.15, 0.2) is 12.5 Å². The third kappa shape index (κ3) is 2.87. The fourth-order valence-electron chi connectivity index (χ4n) is 1.90. The Kier molecular flexibility index (Phi) is 3.95. The summed E-state index contributed by atoms with van der Waals surface area (Å²) in [5.41, 5.74) is 5.89. The van der Waals surface area contributed by atoms with E-state index in [1.165, 1.54) is 0 Å². The molecule has 1 aromatic rings. The van der Waals surface area contributed by atoms with Crippen LogP contribution < -0.4 is 5.73 Å². The van der Waals surface area contributed by atoms with Gasteiger partial charge in [0.1, 0.15) is 5.69 Å². The van der Waals surface area contributed by atoms with Crippen molar-refractivity contribution < 1.29 is 4.79 Å². The minimum Gasteiger partial charge on any atom is -0.335 e. The van der Waals surface area contributed by atoms with Gasteiger partial charge in [-0.1, -0.05) is 0 Å². The number of nitrogens with zero attached hydrogens (tertiary/aromatic N) is 4. The molecule has 1 aliphatic carbocycles. The van der Waals surface area contributed by atoms with Gasteiger partial charge >= 0.3 is 0 Å². The lowest BCUT2D eigenvalue weighted by Gasteiger charge is -2.19. The Balaban J connectivity index is 2.04. The summed E-state index contributed by atoms with van der Waals surface area (Å²) >= 11 is 0. The van der Waals surface area contributed by atoms with Crippen molar-refractivity contribution >= 4 is 5.91 Å². The SMILES string of the molecule is N#CCCN(C(=O)c1cn(CCN)cn1)C1CC1. The van der Waals surface area contributed by atoms with Crippen molar-refractivity contribution in [3.05, 3.63) is 18.2 Å². The molecule has 0 unspecified atom stereocenters. The molecule has 6 nitrogen and oxygen atoms in total. The van der Waals surface area contributed by atoms with E-state index in [-0.39, 0.29) is 5.91 Å². The summed E-state index contributed by atoms with van der Waals surface area (Å²) < 4.78 is 1.81. The number of carbonyl (C=O) groups is 1. The number of nitriles is 1. The summed E-state index contributed by atoms with van der Waals surface area (Å²) in [6.07, 6.45) is 5.76. The monoisotopic (exact) mass is 247 g/mol. The Labute approximate surface area is 106 Å². The normalized spacial score (nSPS) is 14.2. The van der Waals surface area contributed by atoms with Crippen LogP contribution in [0.3, 0.4) is 0 Å². The minimum atomic E-state index is -0.0801. The molecule has 1 saturated carbocycles. The first-order valence-electron chi connectivity index (χ1n) is 6.16. The van der Waals surface area contributed by atoms with Crippen LogP contribution in [0.1, 0.15) is 29.8 Å². The lowest BCUT2D eigenvalue weighted by atomic mass is 10.3. The zero-order valence-corrected chi connectivity index (χ0v) is 10.2. The molecule has 0 bridgehead atoms. The van der Waals surface area contributed by atoms with Gasteiger partial charge in [-0.2, -0.15) is 5.26 Å². The summed E-state index contributed by atoms with van der Waals surface area (Å²) in [6.45, 7) is 1.66. The molecule has 6 heteroatoms. The highest BCUT2D eigenvalue weighted by Crippen LogP contribution is 2.28. The molecule has 2 N–H and O–H groups in total. The molecule has 1 aromatic heterocycles. The van der Waals surface area contributed by atoms with Crippen molar-refractivity contribution in [3.8, 4) is 6.07 Å². The van der Waals surface area contributed by atoms with E-state index < -0.39 is 0 Å². The third-order valence-electron chi connectivity index (χ3n) is 2.95. The lowest BCUT2D eigenvalue weighted by molar-refractivity contribution is 0.0741. The molecule has 0 spiro atoms. The average molecular weight is 247 g/mol. The zero-order valence-electron chi connectivity index (χ0n) is 10.2. The van der Waals surface area contributed by atoms with E-state index in [9.17, 15) is 4.79 Å². The highest BCUT2D eigenvalue weighted by atomic mass is 16.2. The van der Waals surface area contributed by atoms with Crippen LogP contribution in [0.25, 0.3) is 0 Å². The Morgan fingerprint density at radius 3 is 3.06 bits per heavy atom. The van der Waals surface area contributed by atoms with Gasteiger partial charge in [-0.25, -0.2) is 4.98 Å². The van der Waals surface area contributed by atoms with Crippen molar-refractivity contribution in [2.75, 3.05) is 13.1 Å². The molecule has 96 valence electrons. The molecule has 2 rings (SSSR count). The molecule has 1 heterocycles. The standard InChI is InChI=1S/C12H17N5O/c13-4-1-6-17(10-2-3-10)12(18)11-8-16(7-5-14)9-15-11/h8-10H,1-3,5-7,14H2. The second-order valence-electron chi connectivity index (χ2n) is 4.42. The molecular formula is C12H17N5O. The smallest absolute Gasteiger partial charge is 0.274 e. The largest absolute Gasteiger partial charge is 0.335 e. The molecule has 0 aliphatic heterocycles. The topological polar surface area (TPSA) is 87.9 Å². The number of hydrogen-bond acceptors (Lipinski definition) is 4. The highest BCUT2D eigenvalue weighted by Gasteiger charge is 2.33. The molecule has 1 fully saturated rings. The van der Waals surface area contributed by atoms with Gasteiger partial charge < -0.3 is 15.2 Å². The van der Waals surface area contributed by atoms with Crippen LogP contribution in [-0.4, -0.2) is 39.5 Å². The van der Waals surface area contributed by atoms with Gasteiger partial charge in [0.2, 0.25) is 0 Å². The fourth-order valence-corrected chi connectivity index (χ4v) is 1.90. The Morgan fingerprint density at radius 2 is 2.44 bits per heavy atom. The van der Waals surface area contributed by atoms with E-state index >= 15 is 0 Å². The number of aromatic nitrogens is 2. The molecule has 0 saturated heterocycles. The number of imidazole rings is 1. The first-order chi connectivity index (χ1) is 8.76. The van der Waals surface area contributed by atoms with Crippen LogP contribution in [0.2, 0.25) is 0 Å². The molecule has 18 heavy (non-hydrogen) atoms. The van der Waals surface area contributed by atoms with Gasteiger partial charge in [0.25, 0.3) is 5.91 Å². The molecule has 0 aromatic carbocycles. The maximum absolute atomic E-state index is 12.3. The average Bonchev–Trinajstić information content (AvgIpc) is 3.09. The van der Waals surface area contributed by atoms with Gasteiger partial charge in [-0.3, -0.25) is 4.79 Å². The number of amides is 1. The van der Waals surface area contributed by atoms with Gasteiger partial charge in [-0.15, -0.1) is 0 Å². The number of hydrogen-bond donors (Lipinski definition) is 1. The van der Waals surface area contributed by atoms with Crippen LogP contribution in [0.4, 0.5) is 0 Å². The first-order valence-corrected chi connectivity index (χ1v) is 6.16. The van der Waals surface area contributed by atoms with Gasteiger partial charge in [0, 0.05) is 31.9 Å². The predicted molar refractivity (Wildman–Crippen MR) is 65.6 cm³/mol. The molecule has 1 aliphatic rings. The Hall–Kier alpha value is -1.87. The van der Waals surface area contributed by atoms with Gasteiger partial charge in [0.15, 0.2) is 0 Å². The van der Waals surface area contributed by atoms with Crippen molar-refractivity contribution in [2.24, 2.45) is 5.73 Å². The van der Waals surface area contributed by atoms with Crippen molar-refractivity contribution in [2.45, 2.75) is 31.8 Å². The third-order valence-corrected chi connectivity index (χ3v) is 2.95. The zero-order chi connectivity index (χ0) is 13.0. The molecule has 0 atom stereocenters. The Morgan fingerprint density at radius 1 is 1.67 bits per heavy atom. The van der Waals surface area contributed by atoms with Crippen molar-refractivity contribution in [3.63, 3.8) is 0 Å². The van der Waals surface area contributed by atoms with E-state index in [4.69, 9.17) is 11.0 Å². The van der Waals surface area contributed by atoms with Crippen LogP contribution in [0, 0.1) is 11.3 Å². The van der Waals surface area contributed by atoms with Crippen LogP contribution >= 0.6 is 0 Å². The molecule has 1 amide bonds. The van der Waals surface area contributed by atoms with E-state index in [0.717, 1.165) is 12.8 Å². The second-order valence-corrected chi connectivity index (χ2v) is 4.42. The van der Waals surface area contributed by atoms with Gasteiger partial charge in [0.05, 0.1) is 18.8 Å². The van der Waals surface area contributed by atoms with E-state index in [2.05, 4.69) is 11.1 Å². The van der Waals surface area contributed by atoms with E-state index in [1.54, 1.807) is 17.4 Å². The summed E-state index contributed by atoms with van der Waals surface area (Å²) in [6, 6.07) is 2.37. The summed E-state index contributed by atoms with van der Waals surface area (Å²) in [5, 5.41) is 8.62. The predicted octanol–water partition coefficient (Wildman–Crippen LogP) is 0.360. The molecular weight excluding hydrogens is 230 g/mol. The lowest BCUT2D eigenvalue weighted by Crippen LogP contribution is -2.34. The van der Waals surface area contributed by atoms with Crippen molar-refractivity contribution in [1.29, 1.82) is 5.26 Å². The Bertz CT molecular complexity index is 457. The summed E-state index contributed by atoms with van der Waals surface area (Å²) in [7, 11) is 0. The summed E-state index contributed by atoms with van der Waals surface area (Å²) in [4.78, 5) is 18.1. The van der Waals surface area contributed by atoms with E-state index in [1.807, 2.05) is 4.57 Å². The van der Waals surface area contributed by atoms with Crippen molar-refractivity contribution in [1.82, 2.24) is 14.5 Å². The second kappa shape index (κ2) is 5.65. The fraction of sp³-hybridized carbons (Fsp3) is 0.583. The minimum absolute atomic E-state index is 0.0801. The number of carbonyl (C=O) groups excluding carboxylic acids is 1. The number of nitrogens with two attached hydrogens (primary N) is 1. The quantitative estimate of drug-likeness (QED) is 0.786.